The van der Waals surface area contributed by atoms with E-state index in [4.69, 9.17) is 73.6 Å². The Morgan fingerprint density at radius 1 is 0.528 bits per heavy atom. The maximum absolute atomic E-state index is 13.7. The highest BCUT2D eigenvalue weighted by Crippen LogP contribution is 2.36. The zero-order chi connectivity index (χ0) is 90.6. The van der Waals surface area contributed by atoms with E-state index in [1.165, 1.54) is 72.4 Å². The number of aromatic nitrogens is 13. The normalized spacial score (nSPS) is 12.0. The van der Waals surface area contributed by atoms with Crippen LogP contribution >= 0.6 is 46.1 Å². The third-order valence-corrected chi connectivity index (χ3v) is 22.6. The number of likely N-dealkylation sites (tertiary alicyclic amines) is 1. The zero-order valence-corrected chi connectivity index (χ0v) is 74.8. The highest BCUT2D eigenvalue weighted by Gasteiger charge is 2.24. The molecule has 34 heteroatoms. The molecule has 0 spiro atoms. The van der Waals surface area contributed by atoms with Crippen LogP contribution in [0.4, 0.5) is 67.6 Å². The average molecular weight is 1800 g/mol. The topological polar surface area (TPSA) is 440 Å². The summed E-state index contributed by atoms with van der Waals surface area (Å²) in [7, 11) is 0. The Hall–Kier alpha value is -13.0. The Morgan fingerprint density at radius 3 is 1.58 bits per heavy atom. The van der Waals surface area contributed by atoms with Gasteiger partial charge in [-0.1, -0.05) is 109 Å². The summed E-state index contributed by atoms with van der Waals surface area (Å²) < 4.78 is 31.1. The first kappa shape index (κ1) is 94.6. The number of rotatable bonds is 26. The predicted molar refractivity (Wildman–Crippen MR) is 507 cm³/mol. The number of aryl methyl sites for hydroxylation is 6. The average Bonchev–Trinajstić information content (AvgIpc) is 1.62. The lowest BCUT2D eigenvalue weighted by Gasteiger charge is -2.12. The van der Waals surface area contributed by atoms with Crippen molar-refractivity contribution in [2.75, 3.05) is 89.8 Å². The van der Waals surface area contributed by atoms with Gasteiger partial charge in [0.1, 0.15) is 41.9 Å². The standard InChI is InChI=1S/C20H21FN6O2.C19H19ClN4O.C15H16ClN3.C15H20N4S.C13H14ClFN4.C11H13N3O/c1-12-9-17(21)13(2)8-16(12)18-10-19(26-20(22)25-18)23-7-3-4-14-5-6-15(11-24-14)27(28)29;20-15-7-5-13(6-8-15)9-10-22-18-11-17(23-19(21)24-18)16-4-2-1-3-14(16)12-25;1-9-12(3-2-4-13(9)16)14-8-11(7-10-5-6-10)18-15(17)19-14;1-2-11-9-13(18-15(16)17-11)14-6-5-12(20-14)10-19-7-3-4-8-19;1-8-9(3-2-4-10(8)14)11-7-12(17-6-5-15)19-13(16)18-11;1-3-8-6-10(14-11(12)13-8)9-4-5-15-7(9)2/h5-6,8-11H,3-4,7H2,1-2H3,(H3,22,23,25,26);1-8,11,25H,9-10,12H2,(H3,21,22,23,24);2-4,8,10H,5-7H2,1H3,(H2,17,18,19);5-6,9H,2-4,7-8,10H2,1H3,(H2,16,17,18);2-4,7H,5-6H2,1H3,(H3,16,17,18,19);4-6H,3H2,1-2H3,(H2,12,13,14). The summed E-state index contributed by atoms with van der Waals surface area (Å²) in [5, 5.41) is 31.6. The molecule has 2 fully saturated rings. The smallest absolute Gasteiger partial charge is 0.287 e. The van der Waals surface area contributed by atoms with Gasteiger partial charge in [-0.05, 0) is 230 Å². The molecule has 0 amide bonds. The predicted octanol–water partition coefficient (Wildman–Crippen LogP) is 19.2. The molecule has 0 atom stereocenters. The van der Waals surface area contributed by atoms with Gasteiger partial charge in [0, 0.05) is 121 Å². The van der Waals surface area contributed by atoms with Gasteiger partial charge in [0.05, 0.1) is 56.8 Å². The number of aliphatic hydroxyl groups is 1. The Kier molecular flexibility index (Phi) is 34.5. The SMILES string of the molecule is CCc1cc(-c2ccc(CN3CCCC3)s2)nc(N)n1.CCc1cc(-c2ccoc2C)nc(N)n1.Cc1c(Cl)cccc1-c1cc(CC2CC2)nc(N)n1.Cc1c(Cl)cccc1-c1cc(NCCF)nc(N)n1.Cc1cc(-c2cc(NCCCc3ccc([N+](=O)[O-])cn3)nc(N)n2)c(C)cc1F.Nc1nc(NCCc2ccc(Cl)cc2)cc(-c2ccccc2CO)n1. The van der Waals surface area contributed by atoms with E-state index in [0.29, 0.717) is 82.5 Å². The van der Waals surface area contributed by atoms with Crippen LogP contribution in [0.1, 0.15) is 113 Å². The van der Waals surface area contributed by atoms with Crippen LogP contribution in [-0.2, 0) is 45.3 Å². The number of nitrogens with zero attached hydrogens (tertiary/aromatic N) is 15. The van der Waals surface area contributed by atoms with Crippen molar-refractivity contribution in [3.05, 3.63) is 274 Å². The van der Waals surface area contributed by atoms with Crippen LogP contribution in [0.25, 0.3) is 66.9 Å². The van der Waals surface area contributed by atoms with Gasteiger partial charge in [0.25, 0.3) is 5.69 Å². The quantitative estimate of drug-likeness (QED) is 0.0137. The number of alkyl halides is 1. The summed E-state index contributed by atoms with van der Waals surface area (Å²) in [4.78, 5) is 70.1. The van der Waals surface area contributed by atoms with Crippen molar-refractivity contribution in [2.24, 2.45) is 5.92 Å². The molecule has 1 saturated heterocycles. The molecule has 660 valence electrons. The molecule has 10 heterocycles. The van der Waals surface area contributed by atoms with E-state index in [-0.39, 0.29) is 42.5 Å². The molecule has 0 unspecified atom stereocenters. The molecule has 2 aliphatic rings. The van der Waals surface area contributed by atoms with Crippen LogP contribution in [0.3, 0.4) is 0 Å². The largest absolute Gasteiger partial charge is 0.469 e. The number of halogens is 5. The third kappa shape index (κ3) is 28.2. The number of pyridine rings is 1. The van der Waals surface area contributed by atoms with Gasteiger partial charge in [0.15, 0.2) is 0 Å². The lowest BCUT2D eigenvalue weighted by Crippen LogP contribution is -2.17. The monoisotopic (exact) mass is 1790 g/mol. The number of nitrogen functional groups attached to an aromatic ring is 6. The fourth-order valence-electron chi connectivity index (χ4n) is 13.6. The molecule has 5 aromatic carbocycles. The van der Waals surface area contributed by atoms with Gasteiger partial charge >= 0.3 is 0 Å². The Bertz CT molecular complexity index is 6030. The van der Waals surface area contributed by atoms with Crippen LogP contribution in [-0.4, -0.2) is 119 Å². The van der Waals surface area contributed by atoms with E-state index in [0.717, 1.165) is 150 Å². The van der Waals surface area contributed by atoms with E-state index in [1.807, 2.05) is 161 Å². The fraction of sp³-hybridized carbons (Fsp3) is 0.280. The molecule has 1 saturated carbocycles. The van der Waals surface area contributed by atoms with Gasteiger partial charge in [-0.2, -0.15) is 15.0 Å². The van der Waals surface area contributed by atoms with Gasteiger partial charge in [-0.3, -0.25) is 20.0 Å². The second kappa shape index (κ2) is 46.3. The minimum atomic E-state index is -0.477. The molecule has 1 aliphatic heterocycles. The first-order valence-corrected chi connectivity index (χ1v) is 43.4. The second-order valence-electron chi connectivity index (χ2n) is 30.1. The molecule has 16 N–H and O–H groups in total. The number of hydrogen-bond donors (Lipinski definition) is 10. The number of anilines is 9. The lowest BCUT2D eigenvalue weighted by atomic mass is 10.0. The first-order valence-electron chi connectivity index (χ1n) is 41.5. The molecule has 1 aliphatic carbocycles. The minimum Gasteiger partial charge on any atom is -0.469 e. The minimum absolute atomic E-state index is 0.0258. The summed E-state index contributed by atoms with van der Waals surface area (Å²) in [6.07, 6.45) is 13.1. The molecule has 0 bridgehead atoms. The van der Waals surface area contributed by atoms with Gasteiger partial charge in [0.2, 0.25) is 35.7 Å². The summed E-state index contributed by atoms with van der Waals surface area (Å²) in [5.74, 6) is 4.57. The molecule has 28 nitrogen and oxygen atoms in total. The number of nitrogens with one attached hydrogen (secondary N) is 3. The Balaban J connectivity index is 0.000000149. The molecule has 127 heavy (non-hydrogen) atoms. The number of furan rings is 1. The number of nitro groups is 1. The highest BCUT2D eigenvalue weighted by atomic mass is 35.5. The van der Waals surface area contributed by atoms with Crippen molar-refractivity contribution in [2.45, 2.75) is 126 Å². The summed E-state index contributed by atoms with van der Waals surface area (Å²) >= 11 is 20.0. The first-order chi connectivity index (χ1) is 61.2. The Labute approximate surface area is 755 Å². The van der Waals surface area contributed by atoms with Crippen LogP contribution < -0.4 is 50.4 Å². The summed E-state index contributed by atoms with van der Waals surface area (Å²) in [6, 6.07) is 50.6. The summed E-state index contributed by atoms with van der Waals surface area (Å²) in [5.41, 5.74) is 52.7. The number of benzene rings is 5. The molecular formula is C93H103Cl3F2N24O4S. The van der Waals surface area contributed by atoms with Gasteiger partial charge < -0.3 is 59.9 Å². The van der Waals surface area contributed by atoms with Crippen LogP contribution in [0.5, 0.6) is 0 Å². The van der Waals surface area contributed by atoms with E-state index in [1.54, 1.807) is 37.5 Å². The van der Waals surface area contributed by atoms with Crippen molar-refractivity contribution < 1.29 is 23.2 Å². The molecule has 16 rings (SSSR count). The maximum atomic E-state index is 13.7. The van der Waals surface area contributed by atoms with Crippen LogP contribution in [0, 0.1) is 56.5 Å². The maximum Gasteiger partial charge on any atom is 0.287 e. The Morgan fingerprint density at radius 2 is 1.04 bits per heavy atom. The van der Waals surface area contributed by atoms with Crippen molar-refractivity contribution in [3.63, 3.8) is 0 Å². The van der Waals surface area contributed by atoms with E-state index >= 15 is 0 Å². The number of hydrogen-bond acceptors (Lipinski definition) is 28. The molecule has 0 radical (unpaired) electrons. The van der Waals surface area contributed by atoms with E-state index in [9.17, 15) is 24.0 Å². The zero-order valence-electron chi connectivity index (χ0n) is 71.7. The third-order valence-electron chi connectivity index (χ3n) is 20.5. The number of thiophene rings is 1. The van der Waals surface area contributed by atoms with Crippen molar-refractivity contribution >= 4 is 105 Å². The van der Waals surface area contributed by atoms with Crippen LogP contribution in [0.15, 0.2) is 181 Å². The van der Waals surface area contributed by atoms with Gasteiger partial charge in [-0.25, -0.2) is 53.6 Å². The highest BCUT2D eigenvalue weighted by molar-refractivity contribution is 7.15. The van der Waals surface area contributed by atoms with Crippen LogP contribution in [0.2, 0.25) is 15.1 Å². The van der Waals surface area contributed by atoms with E-state index < -0.39 is 11.6 Å². The van der Waals surface area contributed by atoms with Gasteiger partial charge in [-0.15, -0.1) is 11.3 Å². The van der Waals surface area contributed by atoms with Crippen molar-refractivity contribution in [3.8, 4) is 66.9 Å². The number of nitrogens with two attached hydrogens (primary N) is 6. The van der Waals surface area contributed by atoms with Crippen molar-refractivity contribution in [1.29, 1.82) is 0 Å². The van der Waals surface area contributed by atoms with Crippen molar-refractivity contribution in [1.82, 2.24) is 69.7 Å². The second-order valence-corrected chi connectivity index (χ2v) is 32.5. The summed E-state index contributed by atoms with van der Waals surface area (Å²) in [6.45, 7) is 17.9. The molecule has 14 aromatic rings. The van der Waals surface area contributed by atoms with E-state index in [2.05, 4.69) is 105 Å². The molecule has 9 aromatic heterocycles. The molecular weight excluding hydrogens is 1690 g/mol. The lowest BCUT2D eigenvalue weighted by molar-refractivity contribution is -0.385. The fourth-order valence-corrected chi connectivity index (χ4v) is 15.1. The number of aliphatic hydroxyl groups excluding tert-OH is 1.